The minimum atomic E-state index is -1.56. The van der Waals surface area contributed by atoms with E-state index in [1.807, 2.05) is 0 Å². The van der Waals surface area contributed by atoms with E-state index < -0.39 is 11.1 Å². The van der Waals surface area contributed by atoms with Crippen LogP contribution in [0.5, 0.6) is 0 Å². The fourth-order valence-corrected chi connectivity index (χ4v) is 0.237. The molecule has 0 spiro atoms. The second-order valence-electron chi connectivity index (χ2n) is 0.729. The van der Waals surface area contributed by atoms with Gasteiger partial charge in [-0.2, -0.15) is 0 Å². The third kappa shape index (κ3) is 3.87. The van der Waals surface area contributed by atoms with Crippen molar-refractivity contribution < 1.29 is 18.8 Å². The molecule has 4 nitrogen and oxygen atoms in total. The fourth-order valence-electron chi connectivity index (χ4n) is 0.0791. The predicted octanol–water partition coefficient (Wildman–Crippen LogP) is -1.11. The number of rotatable bonds is 3. The summed E-state index contributed by atoms with van der Waals surface area (Å²) in [4.78, 5) is 0. The molecular weight excluding hydrogens is 120 g/mol. The van der Waals surface area contributed by atoms with Gasteiger partial charge in [-0.1, -0.05) is 6.92 Å². The van der Waals surface area contributed by atoms with Crippen molar-refractivity contribution in [3.8, 4) is 0 Å². The molecule has 0 amide bonds. The zero-order chi connectivity index (χ0) is 5.70. The Hall–Kier alpha value is 0.0300. The van der Waals surface area contributed by atoms with Crippen molar-refractivity contribution in [1.82, 2.24) is 0 Å². The van der Waals surface area contributed by atoms with Crippen LogP contribution in [0, 0.1) is 0 Å². The average Bonchev–Trinajstić information content (AvgIpc) is 1.68. The lowest BCUT2D eigenvalue weighted by Gasteiger charge is -2.00. The summed E-state index contributed by atoms with van der Waals surface area (Å²) in [5.41, 5.74) is 0. The first-order chi connectivity index (χ1) is 3.31. The molecule has 0 radical (unpaired) electrons. The van der Waals surface area contributed by atoms with Crippen LogP contribution in [-0.4, -0.2) is 9.96 Å². The van der Waals surface area contributed by atoms with E-state index in [1.165, 1.54) is 0 Å². The van der Waals surface area contributed by atoms with Crippen LogP contribution in [-0.2, 0) is 20.5 Å². The Labute approximate surface area is 43.6 Å². The maximum Gasteiger partial charge on any atom is 0.186 e. The van der Waals surface area contributed by atoms with Crippen LogP contribution >= 0.6 is 0 Å². The van der Waals surface area contributed by atoms with Crippen LogP contribution in [0.15, 0.2) is 0 Å². The van der Waals surface area contributed by atoms with Crippen molar-refractivity contribution in [3.63, 3.8) is 0 Å². The fraction of sp³-hybridized carbons (Fsp3) is 1.00. The van der Waals surface area contributed by atoms with Gasteiger partial charge in [0.25, 0.3) is 0 Å². The van der Waals surface area contributed by atoms with E-state index in [0.717, 1.165) is 0 Å². The summed E-state index contributed by atoms with van der Waals surface area (Å²) in [5.74, 6) is 0.266. The molecule has 0 aromatic carbocycles. The highest BCUT2D eigenvalue weighted by Crippen LogP contribution is 1.79. The molecule has 0 rings (SSSR count). The molecule has 0 aliphatic heterocycles. The third-order valence-corrected chi connectivity index (χ3v) is 1.02. The Morgan fingerprint density at radius 1 is 1.86 bits per heavy atom. The minimum Gasteiger partial charge on any atom is -0.691 e. The van der Waals surface area contributed by atoms with Crippen LogP contribution in [0.4, 0.5) is 0 Å². The Balaban J connectivity index is 3.00. The maximum atomic E-state index is 9.98. The summed E-state index contributed by atoms with van der Waals surface area (Å²) >= 11 is -1.56. The second-order valence-corrected chi connectivity index (χ2v) is 2.05. The van der Waals surface area contributed by atoms with E-state index in [9.17, 15) is 4.21 Å². The third-order valence-electron chi connectivity index (χ3n) is 0.339. The SMILES string of the molecule is CCS(=O)OO[O-]. The highest BCUT2D eigenvalue weighted by molar-refractivity contribution is 7.80. The van der Waals surface area contributed by atoms with Gasteiger partial charge in [0.05, 0.1) is 0 Å². The molecule has 1 atom stereocenters. The zero-order valence-corrected chi connectivity index (χ0v) is 4.56. The minimum absolute atomic E-state index is 0.266. The van der Waals surface area contributed by atoms with E-state index in [-0.39, 0.29) is 5.75 Å². The van der Waals surface area contributed by atoms with Gasteiger partial charge in [-0.3, -0.25) is 5.04 Å². The van der Waals surface area contributed by atoms with Gasteiger partial charge in [-0.25, -0.2) is 4.21 Å². The van der Waals surface area contributed by atoms with Crippen molar-refractivity contribution >= 4 is 11.1 Å². The van der Waals surface area contributed by atoms with Crippen LogP contribution < -0.4 is 5.26 Å². The Morgan fingerprint density at radius 2 is 2.43 bits per heavy atom. The summed E-state index contributed by atoms with van der Waals surface area (Å²) in [5, 5.41) is 11.8. The lowest BCUT2D eigenvalue weighted by molar-refractivity contribution is -0.778. The molecule has 0 aliphatic rings. The lowest BCUT2D eigenvalue weighted by atomic mass is 11.0. The number of hydrogen-bond donors (Lipinski definition) is 0. The summed E-state index contributed by atoms with van der Waals surface area (Å²) in [7, 11) is 0. The second kappa shape index (κ2) is 4.20. The summed E-state index contributed by atoms with van der Waals surface area (Å²) in [6.07, 6.45) is 0. The van der Waals surface area contributed by atoms with E-state index in [1.54, 1.807) is 6.92 Å². The molecule has 0 aromatic heterocycles. The first-order valence-corrected chi connectivity index (χ1v) is 2.91. The molecule has 0 N–H and O–H groups in total. The van der Waals surface area contributed by atoms with Gasteiger partial charge in [0.2, 0.25) is 0 Å². The first-order valence-electron chi connectivity index (χ1n) is 1.66. The van der Waals surface area contributed by atoms with Crippen molar-refractivity contribution in [2.24, 2.45) is 0 Å². The molecule has 7 heavy (non-hydrogen) atoms. The first kappa shape index (κ1) is 7.03. The van der Waals surface area contributed by atoms with E-state index in [2.05, 4.69) is 9.37 Å². The molecule has 0 bridgehead atoms. The molecule has 5 heteroatoms. The quantitative estimate of drug-likeness (QED) is 0.354. The topological polar surface area (TPSA) is 58.6 Å². The predicted molar refractivity (Wildman–Crippen MR) is 20.9 cm³/mol. The van der Waals surface area contributed by atoms with Gasteiger partial charge < -0.3 is 5.26 Å². The van der Waals surface area contributed by atoms with Gasteiger partial charge >= 0.3 is 0 Å². The van der Waals surface area contributed by atoms with Gasteiger partial charge in [-0.15, -0.1) is 4.33 Å². The standard InChI is InChI=1S/C2H6O4S/c1-2-7(4)6-5-3/h3H,2H2,1H3/p-1. The molecule has 0 aromatic rings. The Bertz CT molecular complexity index is 62.7. The van der Waals surface area contributed by atoms with Gasteiger partial charge in [0.1, 0.15) is 0 Å². The van der Waals surface area contributed by atoms with Crippen LogP contribution in [0.1, 0.15) is 6.92 Å². The smallest absolute Gasteiger partial charge is 0.186 e. The molecule has 0 fully saturated rings. The largest absolute Gasteiger partial charge is 0.691 e. The summed E-state index contributed by atoms with van der Waals surface area (Å²) in [6.45, 7) is 1.61. The van der Waals surface area contributed by atoms with Crippen LogP contribution in [0.3, 0.4) is 0 Å². The molecule has 44 valence electrons. The van der Waals surface area contributed by atoms with E-state index in [4.69, 9.17) is 5.26 Å². The van der Waals surface area contributed by atoms with Crippen molar-refractivity contribution in [2.45, 2.75) is 6.92 Å². The lowest BCUT2D eigenvalue weighted by Crippen LogP contribution is -2.08. The van der Waals surface area contributed by atoms with Crippen molar-refractivity contribution in [2.75, 3.05) is 5.75 Å². The number of hydrogen-bond acceptors (Lipinski definition) is 4. The van der Waals surface area contributed by atoms with Gasteiger partial charge in [-0.05, 0) is 0 Å². The van der Waals surface area contributed by atoms with Crippen molar-refractivity contribution in [3.05, 3.63) is 0 Å². The van der Waals surface area contributed by atoms with Gasteiger partial charge in [0.15, 0.2) is 11.1 Å². The highest BCUT2D eigenvalue weighted by Gasteiger charge is 1.88. The highest BCUT2D eigenvalue weighted by atomic mass is 32.2. The maximum absolute atomic E-state index is 9.98. The van der Waals surface area contributed by atoms with E-state index in [0.29, 0.717) is 0 Å². The Morgan fingerprint density at radius 3 is 2.57 bits per heavy atom. The molecular formula is C2H5O4S-. The van der Waals surface area contributed by atoms with Gasteiger partial charge in [0, 0.05) is 5.75 Å². The zero-order valence-electron chi connectivity index (χ0n) is 3.75. The Kier molecular flexibility index (Phi) is 4.21. The van der Waals surface area contributed by atoms with E-state index >= 15 is 0 Å². The molecule has 0 saturated heterocycles. The van der Waals surface area contributed by atoms with Crippen LogP contribution in [0.25, 0.3) is 0 Å². The molecule has 0 heterocycles. The average molecular weight is 125 g/mol. The monoisotopic (exact) mass is 125 g/mol. The molecule has 0 aliphatic carbocycles. The summed E-state index contributed by atoms with van der Waals surface area (Å²) < 4.78 is 13.6. The summed E-state index contributed by atoms with van der Waals surface area (Å²) in [6, 6.07) is 0. The normalized spacial score (nSPS) is 14.0. The van der Waals surface area contributed by atoms with Crippen molar-refractivity contribution in [1.29, 1.82) is 0 Å². The van der Waals surface area contributed by atoms with Crippen LogP contribution in [0.2, 0.25) is 0 Å². The molecule has 1 unspecified atom stereocenters. The molecule has 0 saturated carbocycles.